The zero-order chi connectivity index (χ0) is 18.6. The van der Waals surface area contributed by atoms with Gasteiger partial charge in [0.15, 0.2) is 0 Å². The number of carbonyl (C=O) groups is 1. The number of nitrogens with one attached hydrogen (secondary N) is 3. The van der Waals surface area contributed by atoms with Gasteiger partial charge in [-0.15, -0.1) is 0 Å². The molecule has 8 heteroatoms. The molecule has 1 aromatic rings. The van der Waals surface area contributed by atoms with Crippen molar-refractivity contribution in [3.05, 3.63) is 23.8 Å². The monoisotopic (exact) mass is 381 g/mol. The lowest BCUT2D eigenvalue weighted by molar-refractivity contribution is 0.0930. The van der Waals surface area contributed by atoms with Gasteiger partial charge < -0.3 is 15.4 Å². The summed E-state index contributed by atoms with van der Waals surface area (Å²) in [4.78, 5) is 12.6. The molecule has 0 aromatic heterocycles. The number of hydrogen-bond acceptors (Lipinski definition) is 5. The second kappa shape index (κ2) is 8.37. The first kappa shape index (κ1) is 19.1. The second-order valence-corrected chi connectivity index (χ2v) is 8.67. The molecule has 1 aliphatic carbocycles. The number of methoxy groups -OCH3 is 1. The van der Waals surface area contributed by atoms with Crippen LogP contribution in [0.3, 0.4) is 0 Å². The van der Waals surface area contributed by atoms with E-state index in [0.29, 0.717) is 5.56 Å². The molecule has 1 aromatic carbocycles. The number of piperidine rings is 1. The number of sulfonamides is 1. The summed E-state index contributed by atoms with van der Waals surface area (Å²) in [5.74, 6) is -0.0231. The van der Waals surface area contributed by atoms with E-state index in [1.165, 1.54) is 19.2 Å². The van der Waals surface area contributed by atoms with Crippen molar-refractivity contribution >= 4 is 15.9 Å². The molecular formula is C18H27N3O4S. The van der Waals surface area contributed by atoms with Gasteiger partial charge in [0.2, 0.25) is 10.0 Å². The molecule has 1 atom stereocenters. The van der Waals surface area contributed by atoms with Crippen LogP contribution in [-0.4, -0.2) is 46.6 Å². The first-order valence-electron chi connectivity index (χ1n) is 9.21. The molecule has 1 amide bonds. The summed E-state index contributed by atoms with van der Waals surface area (Å²) < 4.78 is 33.6. The van der Waals surface area contributed by atoms with E-state index in [9.17, 15) is 13.2 Å². The van der Waals surface area contributed by atoms with Crippen molar-refractivity contribution in [2.75, 3.05) is 20.2 Å². The van der Waals surface area contributed by atoms with Gasteiger partial charge in [0.25, 0.3) is 5.91 Å². The summed E-state index contributed by atoms with van der Waals surface area (Å²) >= 11 is 0. The molecule has 26 heavy (non-hydrogen) atoms. The Morgan fingerprint density at radius 3 is 2.54 bits per heavy atom. The van der Waals surface area contributed by atoms with Crippen molar-refractivity contribution in [2.45, 2.75) is 55.5 Å². The van der Waals surface area contributed by atoms with E-state index >= 15 is 0 Å². The predicted octanol–water partition coefficient (Wildman–Crippen LogP) is 1.40. The molecule has 3 rings (SSSR count). The third-order valence-electron chi connectivity index (χ3n) is 5.02. The average Bonchev–Trinajstić information content (AvgIpc) is 3.14. The van der Waals surface area contributed by atoms with E-state index in [1.807, 2.05) is 0 Å². The highest BCUT2D eigenvalue weighted by molar-refractivity contribution is 7.89. The van der Waals surface area contributed by atoms with Gasteiger partial charge in [0.05, 0.1) is 7.11 Å². The first-order chi connectivity index (χ1) is 12.5. The summed E-state index contributed by atoms with van der Waals surface area (Å²) in [6.45, 7) is 1.69. The normalized spacial score (nSPS) is 21.5. The topological polar surface area (TPSA) is 96.5 Å². The Morgan fingerprint density at radius 2 is 1.88 bits per heavy atom. The number of hydrogen-bond donors (Lipinski definition) is 3. The number of amides is 1. The van der Waals surface area contributed by atoms with Crippen LogP contribution in [0.15, 0.2) is 23.1 Å². The Bertz CT molecular complexity index is 739. The van der Waals surface area contributed by atoms with E-state index in [-0.39, 0.29) is 28.6 Å². The predicted molar refractivity (Wildman–Crippen MR) is 98.9 cm³/mol. The van der Waals surface area contributed by atoms with Crippen molar-refractivity contribution in [3.8, 4) is 5.75 Å². The molecule has 1 aliphatic heterocycles. The maximum absolute atomic E-state index is 12.8. The Morgan fingerprint density at radius 1 is 1.15 bits per heavy atom. The minimum Gasteiger partial charge on any atom is -0.495 e. The van der Waals surface area contributed by atoms with Gasteiger partial charge in [-0.1, -0.05) is 12.8 Å². The van der Waals surface area contributed by atoms with Crippen LogP contribution in [0.4, 0.5) is 0 Å². The quantitative estimate of drug-likeness (QED) is 0.692. The number of ether oxygens (including phenoxy) is 1. The van der Waals surface area contributed by atoms with Gasteiger partial charge in [-0.05, 0) is 50.4 Å². The lowest BCUT2D eigenvalue weighted by atomic mass is 10.1. The van der Waals surface area contributed by atoms with Gasteiger partial charge in [-0.2, -0.15) is 0 Å². The third-order valence-corrected chi connectivity index (χ3v) is 6.57. The van der Waals surface area contributed by atoms with Gasteiger partial charge in [-0.25, -0.2) is 13.1 Å². The zero-order valence-corrected chi connectivity index (χ0v) is 15.9. The van der Waals surface area contributed by atoms with Crippen molar-refractivity contribution < 1.29 is 17.9 Å². The lowest BCUT2D eigenvalue weighted by Gasteiger charge is -2.24. The lowest BCUT2D eigenvalue weighted by Crippen LogP contribution is -2.45. The Balaban J connectivity index is 1.80. The van der Waals surface area contributed by atoms with Crippen molar-refractivity contribution in [1.82, 2.24) is 15.4 Å². The molecule has 2 fully saturated rings. The maximum Gasteiger partial charge on any atom is 0.251 e. The minimum absolute atomic E-state index is 0.0151. The van der Waals surface area contributed by atoms with E-state index < -0.39 is 10.0 Å². The fraction of sp³-hybridized carbons (Fsp3) is 0.611. The highest BCUT2D eigenvalue weighted by atomic mass is 32.2. The van der Waals surface area contributed by atoms with Crippen LogP contribution >= 0.6 is 0 Å². The maximum atomic E-state index is 12.8. The molecule has 2 aliphatic rings. The molecule has 1 heterocycles. The molecule has 1 saturated heterocycles. The van der Waals surface area contributed by atoms with Gasteiger partial charge in [-0.3, -0.25) is 4.79 Å². The van der Waals surface area contributed by atoms with E-state index in [0.717, 1.165) is 51.6 Å². The number of benzene rings is 1. The Labute approximate surface area is 154 Å². The minimum atomic E-state index is -3.74. The summed E-state index contributed by atoms with van der Waals surface area (Å²) in [6, 6.07) is 4.56. The molecular weight excluding hydrogens is 354 g/mol. The average molecular weight is 381 g/mol. The Hall–Kier alpha value is -1.64. The molecule has 144 valence electrons. The molecule has 1 saturated carbocycles. The number of carbonyl (C=O) groups excluding carboxylic acids is 1. The zero-order valence-electron chi connectivity index (χ0n) is 15.1. The van der Waals surface area contributed by atoms with Crippen LogP contribution in [0.2, 0.25) is 0 Å². The van der Waals surface area contributed by atoms with Crippen LogP contribution in [0.1, 0.15) is 48.9 Å². The number of rotatable bonds is 6. The fourth-order valence-electron chi connectivity index (χ4n) is 3.60. The third kappa shape index (κ3) is 4.55. The summed E-state index contributed by atoms with van der Waals surface area (Å²) in [6.07, 6.45) is 5.68. The van der Waals surface area contributed by atoms with Gasteiger partial charge in [0.1, 0.15) is 10.6 Å². The standard InChI is InChI=1S/C18H27N3O4S/c1-25-16-9-8-13(18(22)20-15-7-4-10-19-12-15)11-17(16)26(23,24)21-14-5-2-3-6-14/h8-9,11,14-15,19,21H,2-7,10,12H2,1H3,(H,20,22). The van der Waals surface area contributed by atoms with Gasteiger partial charge in [0, 0.05) is 24.2 Å². The summed E-state index contributed by atoms with van der Waals surface area (Å²) in [5, 5.41) is 6.21. The van der Waals surface area contributed by atoms with Crippen LogP contribution in [0.5, 0.6) is 5.75 Å². The second-order valence-electron chi connectivity index (χ2n) is 6.99. The largest absolute Gasteiger partial charge is 0.495 e. The van der Waals surface area contributed by atoms with Crippen molar-refractivity contribution in [2.24, 2.45) is 0 Å². The van der Waals surface area contributed by atoms with E-state index in [2.05, 4.69) is 15.4 Å². The molecule has 0 spiro atoms. The van der Waals surface area contributed by atoms with Crippen LogP contribution in [0.25, 0.3) is 0 Å². The van der Waals surface area contributed by atoms with E-state index in [1.54, 1.807) is 6.07 Å². The summed E-state index contributed by atoms with van der Waals surface area (Å²) in [7, 11) is -2.31. The van der Waals surface area contributed by atoms with Crippen LogP contribution < -0.4 is 20.1 Å². The molecule has 1 unspecified atom stereocenters. The van der Waals surface area contributed by atoms with Crippen molar-refractivity contribution in [1.29, 1.82) is 0 Å². The Kier molecular flexibility index (Phi) is 6.16. The fourth-order valence-corrected chi connectivity index (χ4v) is 5.10. The smallest absolute Gasteiger partial charge is 0.251 e. The van der Waals surface area contributed by atoms with Crippen LogP contribution in [0, 0.1) is 0 Å². The highest BCUT2D eigenvalue weighted by Gasteiger charge is 2.27. The highest BCUT2D eigenvalue weighted by Crippen LogP contribution is 2.27. The first-order valence-corrected chi connectivity index (χ1v) is 10.7. The molecule has 7 nitrogen and oxygen atoms in total. The van der Waals surface area contributed by atoms with E-state index in [4.69, 9.17) is 4.74 Å². The molecule has 0 radical (unpaired) electrons. The molecule has 3 N–H and O–H groups in total. The summed E-state index contributed by atoms with van der Waals surface area (Å²) in [5.41, 5.74) is 0.322. The van der Waals surface area contributed by atoms with Gasteiger partial charge >= 0.3 is 0 Å². The SMILES string of the molecule is COc1ccc(C(=O)NC2CCCNC2)cc1S(=O)(=O)NC1CCCC1. The molecule has 0 bridgehead atoms. The van der Waals surface area contributed by atoms with Crippen molar-refractivity contribution in [3.63, 3.8) is 0 Å². The van der Waals surface area contributed by atoms with Crippen LogP contribution in [-0.2, 0) is 10.0 Å².